The summed E-state index contributed by atoms with van der Waals surface area (Å²) in [5, 5.41) is 0. The van der Waals surface area contributed by atoms with Crippen LogP contribution in [0.3, 0.4) is 0 Å². The fraction of sp³-hybridized carbons (Fsp3) is 0.727. The summed E-state index contributed by atoms with van der Waals surface area (Å²) in [7, 11) is 5.29. The van der Waals surface area contributed by atoms with Gasteiger partial charge in [-0.15, -0.1) is 0 Å². The molecule has 0 bridgehead atoms. The first-order valence-corrected chi connectivity index (χ1v) is 10.8. The summed E-state index contributed by atoms with van der Waals surface area (Å²) in [6, 6.07) is 4.94. The fourth-order valence-electron chi connectivity index (χ4n) is 2.91. The summed E-state index contributed by atoms with van der Waals surface area (Å²) >= 11 is 0. The SMILES string of the molecule is CCCCCCOB(OCCCCCC)Oc1cccc(F)c1C[N+](C)(C)C. The van der Waals surface area contributed by atoms with Crippen molar-refractivity contribution in [2.45, 2.75) is 71.8 Å². The molecule has 0 amide bonds. The van der Waals surface area contributed by atoms with E-state index < -0.39 is 7.32 Å². The van der Waals surface area contributed by atoms with Crippen LogP contribution in [0.2, 0.25) is 0 Å². The lowest BCUT2D eigenvalue weighted by molar-refractivity contribution is -0.884. The Morgan fingerprint density at radius 2 is 1.43 bits per heavy atom. The Kier molecular flexibility index (Phi) is 12.4. The lowest BCUT2D eigenvalue weighted by Gasteiger charge is -2.26. The second-order valence-corrected chi connectivity index (χ2v) is 8.43. The summed E-state index contributed by atoms with van der Waals surface area (Å²) < 4.78 is 32.7. The highest BCUT2D eigenvalue weighted by molar-refractivity contribution is 6.37. The summed E-state index contributed by atoms with van der Waals surface area (Å²) in [5.74, 6) is 0.246. The zero-order valence-corrected chi connectivity index (χ0v) is 18.6. The Bertz CT molecular complexity index is 523. The van der Waals surface area contributed by atoms with E-state index in [-0.39, 0.29) is 5.82 Å². The van der Waals surface area contributed by atoms with Crippen molar-refractivity contribution >= 4 is 7.32 Å². The van der Waals surface area contributed by atoms with Gasteiger partial charge in [-0.05, 0) is 25.0 Å². The highest BCUT2D eigenvalue weighted by Crippen LogP contribution is 2.25. The molecule has 0 heterocycles. The highest BCUT2D eigenvalue weighted by atomic mass is 19.1. The topological polar surface area (TPSA) is 27.7 Å². The highest BCUT2D eigenvalue weighted by Gasteiger charge is 2.27. The van der Waals surface area contributed by atoms with Crippen molar-refractivity contribution < 1.29 is 22.8 Å². The Balaban J connectivity index is 2.73. The molecule has 0 atom stereocenters. The predicted molar refractivity (Wildman–Crippen MR) is 115 cm³/mol. The number of benzene rings is 1. The smallest absolute Gasteiger partial charge is 0.511 e. The van der Waals surface area contributed by atoms with Crippen LogP contribution in [-0.2, 0) is 15.9 Å². The van der Waals surface area contributed by atoms with Crippen LogP contribution in [0.5, 0.6) is 5.75 Å². The van der Waals surface area contributed by atoms with Gasteiger partial charge in [0.25, 0.3) is 0 Å². The molecule has 0 saturated heterocycles. The van der Waals surface area contributed by atoms with Gasteiger partial charge < -0.3 is 18.4 Å². The second kappa shape index (κ2) is 14.0. The van der Waals surface area contributed by atoms with Crippen molar-refractivity contribution in [1.29, 1.82) is 0 Å². The quantitative estimate of drug-likeness (QED) is 0.207. The van der Waals surface area contributed by atoms with Crippen LogP contribution in [-0.4, -0.2) is 46.2 Å². The van der Waals surface area contributed by atoms with E-state index in [9.17, 15) is 4.39 Å². The molecule has 6 heteroatoms. The number of quaternary nitrogens is 1. The van der Waals surface area contributed by atoms with Crippen LogP contribution in [0.1, 0.15) is 70.8 Å². The molecule has 1 rings (SSSR count). The molecule has 28 heavy (non-hydrogen) atoms. The van der Waals surface area contributed by atoms with Gasteiger partial charge in [-0.3, -0.25) is 0 Å². The largest absolute Gasteiger partial charge is 0.713 e. The van der Waals surface area contributed by atoms with Crippen molar-refractivity contribution in [2.24, 2.45) is 0 Å². The molecule has 0 aliphatic carbocycles. The molecular formula is C22H40BFNO3+. The van der Waals surface area contributed by atoms with E-state index >= 15 is 0 Å². The number of nitrogens with zero attached hydrogens (tertiary/aromatic N) is 1. The zero-order valence-electron chi connectivity index (χ0n) is 18.6. The lowest BCUT2D eigenvalue weighted by atomic mass is 10.1. The van der Waals surface area contributed by atoms with Crippen molar-refractivity contribution in [3.05, 3.63) is 29.6 Å². The molecule has 0 saturated carbocycles. The van der Waals surface area contributed by atoms with Crippen molar-refractivity contribution in [2.75, 3.05) is 34.4 Å². The zero-order chi connectivity index (χ0) is 20.8. The van der Waals surface area contributed by atoms with E-state index in [1.807, 2.05) is 21.1 Å². The first-order valence-electron chi connectivity index (χ1n) is 10.8. The number of rotatable bonds is 16. The average molecular weight is 396 g/mol. The van der Waals surface area contributed by atoms with Gasteiger partial charge in [0, 0.05) is 13.2 Å². The maximum Gasteiger partial charge on any atom is 0.713 e. The molecule has 0 aliphatic rings. The number of hydrogen-bond acceptors (Lipinski definition) is 3. The second-order valence-electron chi connectivity index (χ2n) is 8.43. The molecule has 0 fully saturated rings. The fourth-order valence-corrected chi connectivity index (χ4v) is 2.91. The van der Waals surface area contributed by atoms with Gasteiger partial charge in [-0.2, -0.15) is 0 Å². The molecule has 160 valence electrons. The Hall–Kier alpha value is -1.11. The Labute approximate surface area is 172 Å². The van der Waals surface area contributed by atoms with E-state index in [1.165, 1.54) is 31.7 Å². The van der Waals surface area contributed by atoms with Gasteiger partial charge in [0.15, 0.2) is 0 Å². The van der Waals surface area contributed by atoms with Gasteiger partial charge in [0.1, 0.15) is 18.1 Å². The van der Waals surface area contributed by atoms with Crippen molar-refractivity contribution in [3.8, 4) is 5.75 Å². The third-order valence-electron chi connectivity index (χ3n) is 4.44. The van der Waals surface area contributed by atoms with Gasteiger partial charge >= 0.3 is 7.32 Å². The summed E-state index contributed by atoms with van der Waals surface area (Å²) in [6.45, 7) is 6.07. The molecule has 0 spiro atoms. The number of hydrogen-bond donors (Lipinski definition) is 0. The standard InChI is InChI=1S/C22H40BFNO3/c1-6-8-10-12-17-26-23(27-18-13-11-9-7-2)28-22-16-14-15-21(24)20(22)19-25(3,4)5/h14-16H,6-13,17-19H2,1-5H3/q+1. The van der Waals surface area contributed by atoms with Crippen molar-refractivity contribution in [1.82, 2.24) is 0 Å². The van der Waals surface area contributed by atoms with Gasteiger partial charge in [-0.25, -0.2) is 4.39 Å². The summed E-state index contributed by atoms with van der Waals surface area (Å²) in [4.78, 5) is 0. The van der Waals surface area contributed by atoms with E-state index in [0.717, 1.165) is 25.7 Å². The minimum Gasteiger partial charge on any atom is -0.511 e. The van der Waals surface area contributed by atoms with Crippen LogP contribution >= 0.6 is 0 Å². The van der Waals surface area contributed by atoms with Crippen LogP contribution < -0.4 is 4.65 Å². The van der Waals surface area contributed by atoms with E-state index in [4.69, 9.17) is 14.0 Å². The summed E-state index contributed by atoms with van der Waals surface area (Å²) in [5.41, 5.74) is 0.559. The Morgan fingerprint density at radius 3 is 1.93 bits per heavy atom. The minimum atomic E-state index is -0.795. The van der Waals surface area contributed by atoms with Gasteiger partial charge in [0.05, 0.1) is 26.7 Å². The van der Waals surface area contributed by atoms with Crippen LogP contribution in [0.25, 0.3) is 0 Å². The Morgan fingerprint density at radius 1 is 0.857 bits per heavy atom. The molecule has 0 aliphatic heterocycles. The van der Waals surface area contributed by atoms with E-state index in [2.05, 4.69) is 13.8 Å². The molecule has 0 radical (unpaired) electrons. The minimum absolute atomic E-state index is 0.254. The van der Waals surface area contributed by atoms with Crippen LogP contribution in [0.4, 0.5) is 4.39 Å². The first-order chi connectivity index (χ1) is 13.4. The monoisotopic (exact) mass is 396 g/mol. The predicted octanol–water partition coefficient (Wildman–Crippen LogP) is 5.59. The molecule has 0 N–H and O–H groups in total. The van der Waals surface area contributed by atoms with E-state index in [1.54, 1.807) is 12.1 Å². The van der Waals surface area contributed by atoms with E-state index in [0.29, 0.717) is 35.6 Å². The van der Waals surface area contributed by atoms with Crippen LogP contribution in [0.15, 0.2) is 18.2 Å². The van der Waals surface area contributed by atoms with Crippen LogP contribution in [0, 0.1) is 5.82 Å². The number of unbranched alkanes of at least 4 members (excludes halogenated alkanes) is 6. The molecule has 1 aromatic carbocycles. The lowest BCUT2D eigenvalue weighted by Crippen LogP contribution is -2.35. The molecular weight excluding hydrogens is 356 g/mol. The molecule has 4 nitrogen and oxygen atoms in total. The third-order valence-corrected chi connectivity index (χ3v) is 4.44. The number of halogens is 1. The third kappa shape index (κ3) is 11.0. The van der Waals surface area contributed by atoms with Gasteiger partial charge in [0.2, 0.25) is 0 Å². The molecule has 0 unspecified atom stereocenters. The molecule has 0 aromatic heterocycles. The van der Waals surface area contributed by atoms with Gasteiger partial charge in [-0.1, -0.05) is 58.4 Å². The maximum atomic E-state index is 14.4. The summed E-state index contributed by atoms with van der Waals surface area (Å²) in [6.07, 6.45) is 8.98. The first kappa shape index (κ1) is 24.9. The normalized spacial score (nSPS) is 11.6. The maximum absolute atomic E-state index is 14.4. The molecule has 1 aromatic rings. The average Bonchev–Trinajstić information content (AvgIpc) is 2.63. The van der Waals surface area contributed by atoms with Crippen molar-refractivity contribution in [3.63, 3.8) is 0 Å².